The molecule has 8 heteroatoms. The minimum Gasteiger partial charge on any atom is -0.495 e. The number of amides is 2. The van der Waals surface area contributed by atoms with Crippen LogP contribution in [0.1, 0.15) is 35.1 Å². The van der Waals surface area contributed by atoms with E-state index >= 15 is 0 Å². The molecule has 166 valence electrons. The Morgan fingerprint density at radius 1 is 1.16 bits per heavy atom. The third kappa shape index (κ3) is 4.21. The molecule has 7 nitrogen and oxygen atoms in total. The first-order valence-electron chi connectivity index (χ1n) is 10.6. The zero-order chi connectivity index (χ0) is 22.7. The molecule has 32 heavy (non-hydrogen) atoms. The molecule has 1 aliphatic carbocycles. The number of rotatable bonds is 7. The molecule has 0 saturated heterocycles. The van der Waals surface area contributed by atoms with Crippen molar-refractivity contribution in [1.29, 1.82) is 0 Å². The maximum absolute atomic E-state index is 13.4. The fraction of sp³-hybridized carbons (Fsp3) is 0.292. The lowest BCUT2D eigenvalue weighted by Crippen LogP contribution is -2.38. The van der Waals surface area contributed by atoms with E-state index < -0.39 is 0 Å². The number of anilines is 1. The lowest BCUT2D eigenvalue weighted by atomic mass is 10.2. The summed E-state index contributed by atoms with van der Waals surface area (Å²) in [4.78, 5) is 27.5. The number of para-hydroxylation sites is 2. The van der Waals surface area contributed by atoms with Crippen LogP contribution in [0, 0.1) is 5.82 Å². The molecular weight excluding hydrogens is 411 g/mol. The van der Waals surface area contributed by atoms with Crippen molar-refractivity contribution >= 4 is 17.5 Å². The maximum Gasteiger partial charge on any atom is 0.275 e. The molecule has 0 radical (unpaired) electrons. The predicted molar refractivity (Wildman–Crippen MR) is 119 cm³/mol. The monoisotopic (exact) mass is 436 g/mol. The summed E-state index contributed by atoms with van der Waals surface area (Å²) in [7, 11) is 1.53. The highest BCUT2D eigenvalue weighted by Gasteiger charge is 2.30. The standard InChI is InChI=1S/C24H25FN4O3/c1-3-28(15-22(30)26-19-8-4-5-10-21(19)32-2)24(31)23-18-7-6-9-20(18)29(27-23)17-13-11-16(25)12-14-17/h4-5,8,10-14H,3,6-7,9,15H2,1-2H3,(H,26,30). The molecule has 0 spiro atoms. The molecule has 4 rings (SSSR count). The summed E-state index contributed by atoms with van der Waals surface area (Å²) in [6.07, 6.45) is 2.48. The van der Waals surface area contributed by atoms with E-state index in [1.54, 1.807) is 35.0 Å². The van der Waals surface area contributed by atoms with Crippen molar-refractivity contribution in [2.75, 3.05) is 25.5 Å². The first kappa shape index (κ1) is 21.5. The van der Waals surface area contributed by atoms with Gasteiger partial charge >= 0.3 is 0 Å². The Labute approximate surface area is 185 Å². The molecule has 1 N–H and O–H groups in total. The van der Waals surface area contributed by atoms with Crippen molar-refractivity contribution in [3.05, 3.63) is 71.3 Å². The van der Waals surface area contributed by atoms with E-state index in [1.807, 2.05) is 13.0 Å². The summed E-state index contributed by atoms with van der Waals surface area (Å²) in [6.45, 7) is 2.08. The highest BCUT2D eigenvalue weighted by Crippen LogP contribution is 2.29. The van der Waals surface area contributed by atoms with Gasteiger partial charge in [0.2, 0.25) is 5.91 Å². The second-order valence-corrected chi connectivity index (χ2v) is 7.58. The molecule has 2 aromatic carbocycles. The number of aromatic nitrogens is 2. The van der Waals surface area contributed by atoms with Crippen molar-refractivity contribution in [2.45, 2.75) is 26.2 Å². The van der Waals surface area contributed by atoms with Gasteiger partial charge in [0.25, 0.3) is 5.91 Å². The van der Waals surface area contributed by atoms with Crippen LogP contribution in [0.15, 0.2) is 48.5 Å². The molecule has 0 saturated carbocycles. The summed E-state index contributed by atoms with van der Waals surface area (Å²) >= 11 is 0. The molecule has 1 heterocycles. The Balaban J connectivity index is 1.55. The van der Waals surface area contributed by atoms with E-state index in [2.05, 4.69) is 10.4 Å². The third-order valence-electron chi connectivity index (χ3n) is 5.59. The van der Waals surface area contributed by atoms with Crippen LogP contribution >= 0.6 is 0 Å². The van der Waals surface area contributed by atoms with E-state index in [-0.39, 0.29) is 24.2 Å². The topological polar surface area (TPSA) is 76.5 Å². The molecule has 2 amide bonds. The quantitative estimate of drug-likeness (QED) is 0.614. The second-order valence-electron chi connectivity index (χ2n) is 7.58. The van der Waals surface area contributed by atoms with Crippen molar-refractivity contribution in [1.82, 2.24) is 14.7 Å². The zero-order valence-corrected chi connectivity index (χ0v) is 18.1. The Hall–Kier alpha value is -3.68. The Morgan fingerprint density at radius 3 is 2.62 bits per heavy atom. The number of methoxy groups -OCH3 is 1. The van der Waals surface area contributed by atoms with Gasteiger partial charge in [-0.25, -0.2) is 9.07 Å². The molecule has 0 aliphatic heterocycles. The normalized spacial score (nSPS) is 12.3. The SMILES string of the molecule is CCN(CC(=O)Nc1ccccc1OC)C(=O)c1nn(-c2ccc(F)cc2)c2c1CCC2. The lowest BCUT2D eigenvalue weighted by Gasteiger charge is -2.20. The number of likely N-dealkylation sites (N-methyl/N-ethyl adjacent to an activating group) is 1. The average molecular weight is 436 g/mol. The number of nitrogens with one attached hydrogen (secondary N) is 1. The predicted octanol–water partition coefficient (Wildman–Crippen LogP) is 3.61. The number of hydrogen-bond acceptors (Lipinski definition) is 4. The molecule has 1 aromatic heterocycles. The molecule has 1 aliphatic rings. The Kier molecular flexibility index (Phi) is 6.20. The van der Waals surface area contributed by atoms with Gasteiger partial charge in [0.15, 0.2) is 5.69 Å². The van der Waals surface area contributed by atoms with Gasteiger partial charge in [-0.05, 0) is 62.6 Å². The van der Waals surface area contributed by atoms with Gasteiger partial charge in [0.05, 0.1) is 18.5 Å². The third-order valence-corrected chi connectivity index (χ3v) is 5.59. The van der Waals surface area contributed by atoms with Crippen molar-refractivity contribution in [2.24, 2.45) is 0 Å². The van der Waals surface area contributed by atoms with Gasteiger partial charge < -0.3 is 15.0 Å². The summed E-state index contributed by atoms with van der Waals surface area (Å²) in [5.74, 6) is -0.390. The molecule has 0 fully saturated rings. The van der Waals surface area contributed by atoms with Gasteiger partial charge in [-0.3, -0.25) is 9.59 Å². The van der Waals surface area contributed by atoms with Crippen LogP contribution in [-0.4, -0.2) is 46.7 Å². The lowest BCUT2D eigenvalue weighted by molar-refractivity contribution is -0.116. The summed E-state index contributed by atoms with van der Waals surface area (Å²) in [6, 6.07) is 13.2. The number of hydrogen-bond donors (Lipinski definition) is 1. The van der Waals surface area contributed by atoms with Crippen molar-refractivity contribution in [3.8, 4) is 11.4 Å². The number of halogens is 1. The zero-order valence-electron chi connectivity index (χ0n) is 18.1. The first-order chi connectivity index (χ1) is 15.5. The number of fused-ring (bicyclic) bond motifs is 1. The number of carbonyl (C=O) groups is 2. The van der Waals surface area contributed by atoms with Gasteiger partial charge in [0, 0.05) is 17.8 Å². The number of benzene rings is 2. The highest BCUT2D eigenvalue weighted by molar-refractivity contribution is 5.99. The van der Waals surface area contributed by atoms with E-state index in [0.29, 0.717) is 29.4 Å². The van der Waals surface area contributed by atoms with E-state index in [4.69, 9.17) is 4.74 Å². The average Bonchev–Trinajstić information content (AvgIpc) is 3.41. The van der Waals surface area contributed by atoms with Gasteiger partial charge in [0.1, 0.15) is 18.1 Å². The minimum atomic E-state index is -0.327. The van der Waals surface area contributed by atoms with Crippen LogP contribution in [0.25, 0.3) is 5.69 Å². The molecule has 0 unspecified atom stereocenters. The van der Waals surface area contributed by atoms with Gasteiger partial charge in [-0.15, -0.1) is 0 Å². The van der Waals surface area contributed by atoms with E-state index in [0.717, 1.165) is 30.5 Å². The maximum atomic E-state index is 13.4. The molecule has 0 atom stereocenters. The number of ether oxygens (including phenoxy) is 1. The summed E-state index contributed by atoms with van der Waals surface area (Å²) < 4.78 is 20.3. The number of nitrogens with zero attached hydrogens (tertiary/aromatic N) is 3. The van der Waals surface area contributed by atoms with E-state index in [9.17, 15) is 14.0 Å². The first-order valence-corrected chi connectivity index (χ1v) is 10.6. The largest absolute Gasteiger partial charge is 0.495 e. The van der Waals surface area contributed by atoms with Crippen LogP contribution < -0.4 is 10.1 Å². The highest BCUT2D eigenvalue weighted by atomic mass is 19.1. The summed E-state index contributed by atoms with van der Waals surface area (Å²) in [5.41, 5.74) is 3.48. The van der Waals surface area contributed by atoms with Gasteiger partial charge in [-0.1, -0.05) is 12.1 Å². The minimum absolute atomic E-state index is 0.106. The van der Waals surface area contributed by atoms with Gasteiger partial charge in [-0.2, -0.15) is 5.10 Å². The van der Waals surface area contributed by atoms with E-state index in [1.165, 1.54) is 24.1 Å². The van der Waals surface area contributed by atoms with Crippen LogP contribution in [0.2, 0.25) is 0 Å². The van der Waals surface area contributed by atoms with Crippen molar-refractivity contribution < 1.29 is 18.7 Å². The second kappa shape index (κ2) is 9.21. The molecule has 3 aromatic rings. The van der Waals surface area contributed by atoms with Crippen LogP contribution in [-0.2, 0) is 17.6 Å². The van der Waals surface area contributed by atoms with Crippen LogP contribution in [0.4, 0.5) is 10.1 Å². The molecular formula is C24H25FN4O3. The van der Waals surface area contributed by atoms with Crippen LogP contribution in [0.5, 0.6) is 5.75 Å². The fourth-order valence-electron chi connectivity index (χ4n) is 3.99. The van der Waals surface area contributed by atoms with Crippen LogP contribution in [0.3, 0.4) is 0 Å². The Morgan fingerprint density at radius 2 is 1.91 bits per heavy atom. The fourth-order valence-corrected chi connectivity index (χ4v) is 3.99. The Bertz CT molecular complexity index is 1140. The number of carbonyl (C=O) groups excluding carboxylic acids is 2. The molecule has 0 bridgehead atoms. The smallest absolute Gasteiger partial charge is 0.275 e. The summed E-state index contributed by atoms with van der Waals surface area (Å²) in [5, 5.41) is 7.37. The van der Waals surface area contributed by atoms with Crippen molar-refractivity contribution in [3.63, 3.8) is 0 Å².